The Kier molecular flexibility index (Phi) is 5.37. The Morgan fingerprint density at radius 1 is 1.67 bits per heavy atom. The van der Waals surface area contributed by atoms with Crippen LogP contribution in [-0.4, -0.2) is 33.4 Å². The van der Waals surface area contributed by atoms with E-state index >= 15 is 0 Å². The van der Waals surface area contributed by atoms with Gasteiger partial charge in [-0.2, -0.15) is 5.10 Å². The first-order valence-electron chi connectivity index (χ1n) is 5.74. The molecule has 0 aliphatic carbocycles. The van der Waals surface area contributed by atoms with Crippen LogP contribution < -0.4 is 5.32 Å². The van der Waals surface area contributed by atoms with Gasteiger partial charge in [0.15, 0.2) is 0 Å². The average Bonchev–Trinajstić information content (AvgIpc) is 2.51. The Balaban J connectivity index is 2.66. The number of rotatable bonds is 5. The number of aryl methyl sites for hydroxylation is 2. The second kappa shape index (κ2) is 6.56. The number of amides is 1. The van der Waals surface area contributed by atoms with Crippen molar-refractivity contribution in [2.75, 3.05) is 6.61 Å². The van der Waals surface area contributed by atoms with Crippen molar-refractivity contribution in [3.05, 3.63) is 22.5 Å². The van der Waals surface area contributed by atoms with E-state index in [9.17, 15) is 4.79 Å². The van der Waals surface area contributed by atoms with Crippen LogP contribution in [0.25, 0.3) is 6.08 Å². The van der Waals surface area contributed by atoms with Gasteiger partial charge in [-0.05, 0) is 26.3 Å². The van der Waals surface area contributed by atoms with Gasteiger partial charge in [0, 0.05) is 31.3 Å². The zero-order valence-corrected chi connectivity index (χ0v) is 11.5. The van der Waals surface area contributed by atoms with Gasteiger partial charge in [-0.1, -0.05) is 11.6 Å². The number of halogens is 1. The summed E-state index contributed by atoms with van der Waals surface area (Å²) in [7, 11) is 1.75. The summed E-state index contributed by atoms with van der Waals surface area (Å²) in [6.07, 6.45) is 3.60. The summed E-state index contributed by atoms with van der Waals surface area (Å²) < 4.78 is 1.56. The van der Waals surface area contributed by atoms with Crippen LogP contribution in [0, 0.1) is 6.92 Å². The highest BCUT2D eigenvalue weighted by Crippen LogP contribution is 2.19. The first kappa shape index (κ1) is 14.7. The van der Waals surface area contributed by atoms with E-state index in [0.717, 1.165) is 11.3 Å². The van der Waals surface area contributed by atoms with Crippen molar-refractivity contribution in [3.63, 3.8) is 0 Å². The molecule has 5 nitrogen and oxygen atoms in total. The minimum absolute atomic E-state index is 0.0543. The number of hydrogen-bond acceptors (Lipinski definition) is 3. The largest absolute Gasteiger partial charge is 0.396 e. The summed E-state index contributed by atoms with van der Waals surface area (Å²) in [6, 6.07) is -0.0578. The highest BCUT2D eigenvalue weighted by Gasteiger charge is 2.09. The average molecular weight is 272 g/mol. The highest BCUT2D eigenvalue weighted by atomic mass is 35.5. The van der Waals surface area contributed by atoms with Crippen molar-refractivity contribution in [1.82, 2.24) is 15.1 Å². The number of aliphatic hydroxyl groups excluding tert-OH is 1. The number of aliphatic hydroxyl groups is 1. The van der Waals surface area contributed by atoms with E-state index in [1.165, 1.54) is 6.08 Å². The molecule has 1 aromatic rings. The molecule has 1 atom stereocenters. The number of carbonyl (C=O) groups excluding carboxylic acids is 1. The molecule has 0 aromatic carbocycles. The zero-order chi connectivity index (χ0) is 13.7. The predicted octanol–water partition coefficient (Wildman–Crippen LogP) is 1.28. The molecule has 1 unspecified atom stereocenters. The van der Waals surface area contributed by atoms with Crippen molar-refractivity contribution in [2.45, 2.75) is 26.3 Å². The molecule has 0 saturated heterocycles. The Morgan fingerprint density at radius 3 is 2.83 bits per heavy atom. The van der Waals surface area contributed by atoms with Gasteiger partial charge in [-0.15, -0.1) is 0 Å². The number of aromatic nitrogens is 2. The van der Waals surface area contributed by atoms with E-state index in [1.54, 1.807) is 17.8 Å². The lowest BCUT2D eigenvalue weighted by molar-refractivity contribution is -0.117. The number of nitrogens with one attached hydrogen (secondary N) is 1. The summed E-state index contributed by atoms with van der Waals surface area (Å²) >= 11 is 6.04. The standard InChI is InChI=1S/C12H18ClN3O2/c1-8(6-7-17)14-11(18)5-4-10-9(2)15-16(3)12(10)13/h4-5,8,17H,6-7H2,1-3H3,(H,14,18)/b5-4+. The smallest absolute Gasteiger partial charge is 0.244 e. The molecule has 0 radical (unpaired) electrons. The van der Waals surface area contributed by atoms with Crippen molar-refractivity contribution in [3.8, 4) is 0 Å². The lowest BCUT2D eigenvalue weighted by Crippen LogP contribution is -2.31. The minimum atomic E-state index is -0.213. The second-order valence-corrected chi connectivity index (χ2v) is 4.53. The first-order valence-corrected chi connectivity index (χ1v) is 6.12. The van der Waals surface area contributed by atoms with Crippen molar-refractivity contribution < 1.29 is 9.90 Å². The van der Waals surface area contributed by atoms with Crippen LogP contribution in [0.15, 0.2) is 6.08 Å². The number of hydrogen-bond donors (Lipinski definition) is 2. The zero-order valence-electron chi connectivity index (χ0n) is 10.8. The molecule has 1 aromatic heterocycles. The van der Waals surface area contributed by atoms with Gasteiger partial charge in [-0.25, -0.2) is 0 Å². The van der Waals surface area contributed by atoms with E-state index in [0.29, 0.717) is 11.6 Å². The molecule has 0 saturated carbocycles. The Labute approximate surface area is 111 Å². The predicted molar refractivity (Wildman–Crippen MR) is 71.3 cm³/mol. The summed E-state index contributed by atoms with van der Waals surface area (Å²) in [6.45, 7) is 3.72. The summed E-state index contributed by atoms with van der Waals surface area (Å²) in [5, 5.41) is 16.1. The molecule has 2 N–H and O–H groups in total. The van der Waals surface area contributed by atoms with Gasteiger partial charge in [0.2, 0.25) is 5.91 Å². The summed E-state index contributed by atoms with van der Waals surface area (Å²) in [5.74, 6) is -0.213. The highest BCUT2D eigenvalue weighted by molar-refractivity contribution is 6.31. The van der Waals surface area contributed by atoms with Crippen LogP contribution in [0.3, 0.4) is 0 Å². The molecule has 1 amide bonds. The molecular weight excluding hydrogens is 254 g/mol. The SMILES string of the molecule is Cc1nn(C)c(Cl)c1/C=C/C(=O)NC(C)CCO. The Hall–Kier alpha value is -1.33. The molecule has 0 bridgehead atoms. The van der Waals surface area contributed by atoms with Crippen LogP contribution in [0.2, 0.25) is 5.15 Å². The fourth-order valence-electron chi connectivity index (χ4n) is 1.55. The van der Waals surface area contributed by atoms with Crippen LogP contribution >= 0.6 is 11.6 Å². The third kappa shape index (κ3) is 3.85. The molecule has 1 heterocycles. The molecule has 0 fully saturated rings. The van der Waals surface area contributed by atoms with E-state index in [2.05, 4.69) is 10.4 Å². The molecule has 0 aliphatic heterocycles. The van der Waals surface area contributed by atoms with Gasteiger partial charge in [-0.3, -0.25) is 9.48 Å². The maximum Gasteiger partial charge on any atom is 0.244 e. The fourth-order valence-corrected chi connectivity index (χ4v) is 1.79. The molecule has 18 heavy (non-hydrogen) atoms. The van der Waals surface area contributed by atoms with Crippen molar-refractivity contribution in [1.29, 1.82) is 0 Å². The van der Waals surface area contributed by atoms with Crippen LogP contribution in [0.1, 0.15) is 24.6 Å². The normalized spacial score (nSPS) is 12.9. The molecule has 100 valence electrons. The maximum atomic E-state index is 11.6. The van der Waals surface area contributed by atoms with Crippen LogP contribution in [-0.2, 0) is 11.8 Å². The van der Waals surface area contributed by atoms with Crippen LogP contribution in [0.4, 0.5) is 0 Å². The third-order valence-corrected chi connectivity index (χ3v) is 3.00. The van der Waals surface area contributed by atoms with Gasteiger partial charge >= 0.3 is 0 Å². The van der Waals surface area contributed by atoms with Crippen LogP contribution in [0.5, 0.6) is 0 Å². The number of carbonyl (C=O) groups is 1. The van der Waals surface area contributed by atoms with Gasteiger partial charge in [0.1, 0.15) is 5.15 Å². The monoisotopic (exact) mass is 271 g/mol. The molecular formula is C12H18ClN3O2. The molecule has 0 spiro atoms. The quantitative estimate of drug-likeness (QED) is 0.793. The topological polar surface area (TPSA) is 67.2 Å². The minimum Gasteiger partial charge on any atom is -0.396 e. The van der Waals surface area contributed by atoms with Gasteiger partial charge in [0.05, 0.1) is 5.69 Å². The Morgan fingerprint density at radius 2 is 2.33 bits per heavy atom. The van der Waals surface area contributed by atoms with E-state index in [4.69, 9.17) is 16.7 Å². The third-order valence-electron chi connectivity index (χ3n) is 2.55. The maximum absolute atomic E-state index is 11.6. The van der Waals surface area contributed by atoms with Crippen molar-refractivity contribution >= 4 is 23.6 Å². The van der Waals surface area contributed by atoms with Gasteiger partial charge in [0.25, 0.3) is 0 Å². The lowest BCUT2D eigenvalue weighted by atomic mass is 10.2. The van der Waals surface area contributed by atoms with Crippen molar-refractivity contribution in [2.24, 2.45) is 7.05 Å². The lowest BCUT2D eigenvalue weighted by Gasteiger charge is -2.09. The first-order chi connectivity index (χ1) is 8.45. The summed E-state index contributed by atoms with van der Waals surface area (Å²) in [4.78, 5) is 11.6. The van der Waals surface area contributed by atoms with E-state index in [1.807, 2.05) is 13.8 Å². The fraction of sp³-hybridized carbons (Fsp3) is 0.500. The molecule has 6 heteroatoms. The van der Waals surface area contributed by atoms with Gasteiger partial charge < -0.3 is 10.4 Å². The van der Waals surface area contributed by atoms with E-state index in [-0.39, 0.29) is 18.6 Å². The summed E-state index contributed by atoms with van der Waals surface area (Å²) in [5.41, 5.74) is 1.51. The Bertz CT molecular complexity index is 454. The molecule has 0 aliphatic rings. The molecule has 1 rings (SSSR count). The number of nitrogens with zero attached hydrogens (tertiary/aromatic N) is 2. The second-order valence-electron chi connectivity index (χ2n) is 4.17. The van der Waals surface area contributed by atoms with E-state index < -0.39 is 0 Å².